The largest absolute Gasteiger partial charge is 0.0995 e. The molecule has 0 aromatic rings. The summed E-state index contributed by atoms with van der Waals surface area (Å²) in [6.07, 6.45) is 10.7. The van der Waals surface area contributed by atoms with Crippen LogP contribution in [0.1, 0.15) is 86.0 Å². The van der Waals surface area contributed by atoms with E-state index >= 15 is 0 Å². The minimum Gasteiger partial charge on any atom is -0.0995 e. The van der Waals surface area contributed by atoms with Gasteiger partial charge in [0.05, 0.1) is 0 Å². The lowest BCUT2D eigenvalue weighted by atomic mass is 9.63. The van der Waals surface area contributed by atoms with E-state index in [-0.39, 0.29) is 0 Å². The van der Waals surface area contributed by atoms with Crippen LogP contribution in [0, 0.1) is 17.3 Å². The van der Waals surface area contributed by atoms with Crippen LogP contribution in [0.4, 0.5) is 0 Å². The Morgan fingerprint density at radius 3 is 2.25 bits per heavy atom. The van der Waals surface area contributed by atoms with Gasteiger partial charge in [-0.2, -0.15) is 0 Å². The van der Waals surface area contributed by atoms with Crippen molar-refractivity contribution in [1.29, 1.82) is 0 Å². The number of allylic oxidation sites excluding steroid dienone is 1. The van der Waals surface area contributed by atoms with E-state index in [2.05, 4.69) is 63.8 Å². The molecule has 3 atom stereocenters. The Bertz CT molecular complexity index is 314. The molecule has 0 radical (unpaired) electrons. The lowest BCUT2D eigenvalue weighted by molar-refractivity contribution is 0.142. The van der Waals surface area contributed by atoms with E-state index in [9.17, 15) is 0 Å². The zero-order valence-electron chi connectivity index (χ0n) is 14.4. The van der Waals surface area contributed by atoms with E-state index in [1.807, 2.05) is 0 Å². The second-order valence-corrected chi connectivity index (χ2v) is 10.3. The molecule has 1 saturated carbocycles. The topological polar surface area (TPSA) is 0 Å². The smallest absolute Gasteiger partial charge is 0.0259 e. The Labute approximate surface area is 141 Å². The highest BCUT2D eigenvalue weighted by Gasteiger charge is 2.40. The van der Waals surface area contributed by atoms with Crippen molar-refractivity contribution in [3.05, 3.63) is 12.2 Å². The van der Waals surface area contributed by atoms with E-state index in [4.69, 9.17) is 0 Å². The molecule has 20 heavy (non-hydrogen) atoms. The summed E-state index contributed by atoms with van der Waals surface area (Å²) in [7, 11) is 0. The zero-order valence-corrected chi connectivity index (χ0v) is 16.6. The van der Waals surface area contributed by atoms with E-state index in [0.29, 0.717) is 8.84 Å². The van der Waals surface area contributed by atoms with Crippen LogP contribution >= 0.6 is 22.6 Å². The molecule has 0 saturated heterocycles. The zero-order chi connectivity index (χ0) is 15.4. The van der Waals surface area contributed by atoms with Crippen molar-refractivity contribution in [1.82, 2.24) is 0 Å². The van der Waals surface area contributed by atoms with E-state index in [1.54, 1.807) is 0 Å². The first-order valence-electron chi connectivity index (χ1n) is 8.61. The Balaban J connectivity index is 2.65. The lowest BCUT2D eigenvalue weighted by Crippen LogP contribution is -2.36. The van der Waals surface area contributed by atoms with Gasteiger partial charge in [-0.15, -0.1) is 0 Å². The summed E-state index contributed by atoms with van der Waals surface area (Å²) in [5.41, 5.74) is 2.03. The van der Waals surface area contributed by atoms with Crippen LogP contribution in [0.2, 0.25) is 0 Å². The number of unbranched alkanes of at least 4 members (excludes halogenated alkanes) is 1. The maximum atomic E-state index is 4.48. The molecule has 0 aliphatic heterocycles. The molecular weight excluding hydrogens is 355 g/mol. The van der Waals surface area contributed by atoms with Gasteiger partial charge in [-0.1, -0.05) is 81.7 Å². The summed E-state index contributed by atoms with van der Waals surface area (Å²) >= 11 is 2.70. The Morgan fingerprint density at radius 2 is 1.75 bits per heavy atom. The van der Waals surface area contributed by atoms with Crippen molar-refractivity contribution < 1.29 is 0 Å². The molecular formula is C19H35I. The van der Waals surface area contributed by atoms with E-state index < -0.39 is 0 Å². The van der Waals surface area contributed by atoms with Crippen molar-refractivity contribution >= 4 is 22.6 Å². The fraction of sp³-hybridized carbons (Fsp3) is 0.895. The number of hydrogen-bond acceptors (Lipinski definition) is 0. The third-order valence-corrected chi connectivity index (χ3v) is 6.84. The molecule has 0 amide bonds. The minimum absolute atomic E-state index is 0.419. The van der Waals surface area contributed by atoms with Gasteiger partial charge in [-0.25, -0.2) is 0 Å². The SMILES string of the molecule is C=C1CC(C(C)(C)CCCC)CC[C@H]1[C@@](C)(I)CCC. The standard InChI is InChI=1S/C19H35I/c1-7-9-13-18(4,5)16-10-11-17(15(3)14-16)19(6,20)12-8-2/h16-17H,3,7-14H2,1-2,4-6H3/t16?,17-,19+/m1/s1. The van der Waals surface area contributed by atoms with Gasteiger partial charge in [0, 0.05) is 3.42 Å². The molecule has 0 bridgehead atoms. The maximum Gasteiger partial charge on any atom is 0.0259 e. The van der Waals surface area contributed by atoms with Crippen LogP contribution < -0.4 is 0 Å². The summed E-state index contributed by atoms with van der Waals surface area (Å²) in [6, 6.07) is 0. The Hall–Kier alpha value is 0.470. The first-order valence-corrected chi connectivity index (χ1v) is 9.69. The molecule has 1 rings (SSSR count). The Kier molecular flexibility index (Phi) is 7.08. The molecule has 1 aliphatic rings. The van der Waals surface area contributed by atoms with Gasteiger partial charge in [0.2, 0.25) is 0 Å². The van der Waals surface area contributed by atoms with Crippen LogP contribution in [0.25, 0.3) is 0 Å². The maximum absolute atomic E-state index is 4.48. The second kappa shape index (κ2) is 7.65. The van der Waals surface area contributed by atoms with Gasteiger partial charge in [-0.3, -0.25) is 0 Å². The van der Waals surface area contributed by atoms with Crippen molar-refractivity contribution in [2.75, 3.05) is 0 Å². The van der Waals surface area contributed by atoms with Crippen LogP contribution in [-0.4, -0.2) is 3.42 Å². The van der Waals surface area contributed by atoms with Gasteiger partial charge >= 0.3 is 0 Å². The fourth-order valence-electron chi connectivity index (χ4n) is 4.03. The van der Waals surface area contributed by atoms with Crippen LogP contribution in [-0.2, 0) is 0 Å². The van der Waals surface area contributed by atoms with E-state index in [0.717, 1.165) is 11.8 Å². The molecule has 1 fully saturated rings. The van der Waals surface area contributed by atoms with E-state index in [1.165, 1.54) is 56.9 Å². The van der Waals surface area contributed by atoms with Crippen molar-refractivity contribution in [3.63, 3.8) is 0 Å². The molecule has 1 heteroatoms. The highest BCUT2D eigenvalue weighted by molar-refractivity contribution is 14.1. The molecule has 118 valence electrons. The van der Waals surface area contributed by atoms with Crippen LogP contribution in [0.3, 0.4) is 0 Å². The van der Waals surface area contributed by atoms with Gasteiger partial charge in [0.1, 0.15) is 0 Å². The molecule has 1 unspecified atom stereocenters. The first kappa shape index (κ1) is 18.5. The second-order valence-electron chi connectivity index (χ2n) is 7.81. The van der Waals surface area contributed by atoms with Crippen LogP contribution in [0.15, 0.2) is 12.2 Å². The summed E-state index contributed by atoms with van der Waals surface area (Å²) in [6.45, 7) is 16.5. The first-order chi connectivity index (χ1) is 9.24. The predicted octanol–water partition coefficient (Wildman–Crippen LogP) is 7.17. The minimum atomic E-state index is 0.419. The van der Waals surface area contributed by atoms with Gasteiger partial charge in [-0.05, 0) is 56.3 Å². The summed E-state index contributed by atoms with van der Waals surface area (Å²) in [4.78, 5) is 0. The van der Waals surface area contributed by atoms with Crippen LogP contribution in [0.5, 0.6) is 0 Å². The van der Waals surface area contributed by atoms with Gasteiger partial charge < -0.3 is 0 Å². The molecule has 1 aliphatic carbocycles. The molecule has 0 aromatic heterocycles. The molecule has 0 heterocycles. The number of alkyl halides is 1. The highest BCUT2D eigenvalue weighted by Crippen LogP contribution is 2.50. The molecule has 0 aromatic carbocycles. The lowest BCUT2D eigenvalue weighted by Gasteiger charge is -2.44. The monoisotopic (exact) mass is 390 g/mol. The Morgan fingerprint density at radius 1 is 1.10 bits per heavy atom. The predicted molar refractivity (Wildman–Crippen MR) is 101 cm³/mol. The average molecular weight is 390 g/mol. The number of halogens is 1. The quantitative estimate of drug-likeness (QED) is 0.246. The molecule has 0 N–H and O–H groups in total. The fourth-order valence-corrected chi connectivity index (χ4v) is 5.32. The summed E-state index contributed by atoms with van der Waals surface area (Å²) in [5.74, 6) is 1.59. The molecule has 0 spiro atoms. The van der Waals surface area contributed by atoms with Crippen molar-refractivity contribution in [2.45, 2.75) is 89.4 Å². The van der Waals surface area contributed by atoms with Crippen molar-refractivity contribution in [2.24, 2.45) is 17.3 Å². The average Bonchev–Trinajstić information content (AvgIpc) is 2.36. The number of rotatable bonds is 7. The number of hydrogen-bond donors (Lipinski definition) is 0. The highest BCUT2D eigenvalue weighted by atomic mass is 127. The normalized spacial score (nSPS) is 27.4. The van der Waals surface area contributed by atoms with Gasteiger partial charge in [0.25, 0.3) is 0 Å². The molecule has 0 nitrogen and oxygen atoms in total. The third-order valence-electron chi connectivity index (χ3n) is 5.55. The third kappa shape index (κ3) is 4.74. The summed E-state index contributed by atoms with van der Waals surface area (Å²) < 4.78 is 0.419. The van der Waals surface area contributed by atoms with Gasteiger partial charge in [0.15, 0.2) is 0 Å². The summed E-state index contributed by atoms with van der Waals surface area (Å²) in [5, 5.41) is 0. The van der Waals surface area contributed by atoms with Crippen molar-refractivity contribution in [3.8, 4) is 0 Å².